The highest BCUT2D eigenvalue weighted by Crippen LogP contribution is 2.14. The highest BCUT2D eigenvalue weighted by atomic mass is 127. The molecule has 2 aromatic heterocycles. The molecule has 20 heavy (non-hydrogen) atoms. The summed E-state index contributed by atoms with van der Waals surface area (Å²) in [5, 5.41) is 9.70. The maximum Gasteiger partial charge on any atom is 0.191 e. The molecule has 2 aromatic rings. The molecule has 0 aromatic carbocycles. The Kier molecular flexibility index (Phi) is 7.46. The fraction of sp³-hybridized carbons (Fsp3) is 0.385. The Morgan fingerprint density at radius 3 is 2.55 bits per heavy atom. The topological polar surface area (TPSA) is 49.3 Å². The first kappa shape index (κ1) is 17.4. The maximum absolute atomic E-state index is 4.41. The number of nitrogens with zero attached hydrogens (tertiary/aromatic N) is 2. The molecular formula is C13H19IN4S2. The van der Waals surface area contributed by atoms with Crippen LogP contribution in [0, 0.1) is 13.8 Å². The van der Waals surface area contributed by atoms with Gasteiger partial charge in [0.2, 0.25) is 0 Å². The summed E-state index contributed by atoms with van der Waals surface area (Å²) in [5.74, 6) is 0.805. The van der Waals surface area contributed by atoms with E-state index in [-0.39, 0.29) is 24.0 Å². The Balaban J connectivity index is 0.00000200. The van der Waals surface area contributed by atoms with Crippen LogP contribution in [-0.2, 0) is 13.1 Å². The molecule has 0 unspecified atom stereocenters. The minimum absolute atomic E-state index is 0. The molecule has 2 N–H and O–H groups in total. The third-order valence-corrected chi connectivity index (χ3v) is 4.49. The van der Waals surface area contributed by atoms with Crippen LogP contribution in [0.4, 0.5) is 0 Å². The van der Waals surface area contributed by atoms with E-state index in [9.17, 15) is 0 Å². The Hall–Kier alpha value is -0.670. The van der Waals surface area contributed by atoms with Crippen molar-refractivity contribution < 1.29 is 0 Å². The van der Waals surface area contributed by atoms with Gasteiger partial charge in [-0.25, -0.2) is 4.98 Å². The predicted octanol–water partition coefficient (Wildman–Crippen LogP) is 3.30. The van der Waals surface area contributed by atoms with E-state index in [2.05, 4.69) is 45.0 Å². The van der Waals surface area contributed by atoms with Crippen molar-refractivity contribution in [3.63, 3.8) is 0 Å². The molecule has 0 fully saturated rings. The minimum Gasteiger partial charge on any atom is -0.352 e. The van der Waals surface area contributed by atoms with Crippen LogP contribution < -0.4 is 10.6 Å². The summed E-state index contributed by atoms with van der Waals surface area (Å²) in [6.07, 6.45) is 0. The Morgan fingerprint density at radius 1 is 1.25 bits per heavy atom. The van der Waals surface area contributed by atoms with Crippen LogP contribution in [-0.4, -0.2) is 18.0 Å². The second-order valence-corrected chi connectivity index (χ2v) is 6.49. The zero-order valence-corrected chi connectivity index (χ0v) is 15.7. The quantitative estimate of drug-likeness (QED) is 0.452. The van der Waals surface area contributed by atoms with E-state index in [1.165, 1.54) is 9.75 Å². The number of guanidine groups is 1. The summed E-state index contributed by atoms with van der Waals surface area (Å²) in [6.45, 7) is 5.63. The fourth-order valence-corrected chi connectivity index (χ4v) is 3.16. The zero-order chi connectivity index (χ0) is 13.7. The van der Waals surface area contributed by atoms with Crippen molar-refractivity contribution in [2.24, 2.45) is 4.99 Å². The first-order valence-electron chi connectivity index (χ1n) is 6.08. The monoisotopic (exact) mass is 422 g/mol. The third kappa shape index (κ3) is 5.37. The summed E-state index contributed by atoms with van der Waals surface area (Å²) in [4.78, 5) is 11.3. The van der Waals surface area contributed by atoms with Crippen LogP contribution in [0.1, 0.15) is 20.5 Å². The highest BCUT2D eigenvalue weighted by molar-refractivity contribution is 14.0. The second kappa shape index (κ2) is 8.58. The fourth-order valence-electron chi connectivity index (χ4n) is 1.61. The van der Waals surface area contributed by atoms with E-state index in [1.54, 1.807) is 29.7 Å². The van der Waals surface area contributed by atoms with E-state index in [1.807, 2.05) is 6.92 Å². The lowest BCUT2D eigenvalue weighted by Crippen LogP contribution is -2.36. The van der Waals surface area contributed by atoms with Gasteiger partial charge in [-0.15, -0.1) is 46.7 Å². The van der Waals surface area contributed by atoms with Crippen LogP contribution in [0.5, 0.6) is 0 Å². The maximum atomic E-state index is 4.41. The lowest BCUT2D eigenvalue weighted by molar-refractivity contribution is 0.809. The summed E-state index contributed by atoms with van der Waals surface area (Å²) in [7, 11) is 1.78. The smallest absolute Gasteiger partial charge is 0.191 e. The van der Waals surface area contributed by atoms with Gasteiger partial charge in [-0.3, -0.25) is 4.99 Å². The number of nitrogens with one attached hydrogen (secondary N) is 2. The summed E-state index contributed by atoms with van der Waals surface area (Å²) >= 11 is 3.47. The third-order valence-electron chi connectivity index (χ3n) is 2.52. The van der Waals surface area contributed by atoms with E-state index < -0.39 is 0 Å². The van der Waals surface area contributed by atoms with Crippen LogP contribution in [0.3, 0.4) is 0 Å². The van der Waals surface area contributed by atoms with Gasteiger partial charge < -0.3 is 10.6 Å². The first-order chi connectivity index (χ1) is 9.17. The van der Waals surface area contributed by atoms with Crippen molar-refractivity contribution in [1.82, 2.24) is 15.6 Å². The molecule has 0 saturated carbocycles. The molecule has 0 saturated heterocycles. The Morgan fingerprint density at radius 2 is 2.00 bits per heavy atom. The average Bonchev–Trinajstić information content (AvgIpc) is 2.99. The lowest BCUT2D eigenvalue weighted by Gasteiger charge is -2.09. The van der Waals surface area contributed by atoms with Gasteiger partial charge in [0.15, 0.2) is 5.96 Å². The van der Waals surface area contributed by atoms with E-state index >= 15 is 0 Å². The number of aryl methyl sites for hydroxylation is 2. The highest BCUT2D eigenvalue weighted by Gasteiger charge is 2.02. The summed E-state index contributed by atoms with van der Waals surface area (Å²) in [5.41, 5.74) is 1.07. The molecule has 0 amide bonds. The van der Waals surface area contributed by atoms with Gasteiger partial charge in [-0.2, -0.15) is 0 Å². The molecule has 0 bridgehead atoms. The molecular weight excluding hydrogens is 403 g/mol. The number of aliphatic imine (C=N–C) groups is 1. The number of halogens is 1. The molecule has 0 aliphatic rings. The molecule has 0 aliphatic heterocycles. The molecule has 2 rings (SSSR count). The molecule has 7 heteroatoms. The number of hydrogen-bond donors (Lipinski definition) is 2. The SMILES string of the molecule is CN=C(NCc1ccc(C)s1)NCc1nc(C)cs1.I. The van der Waals surface area contributed by atoms with Crippen LogP contribution in [0.2, 0.25) is 0 Å². The van der Waals surface area contributed by atoms with E-state index in [4.69, 9.17) is 0 Å². The number of aromatic nitrogens is 1. The molecule has 4 nitrogen and oxygen atoms in total. The summed E-state index contributed by atoms with van der Waals surface area (Å²) < 4.78 is 0. The molecule has 0 aliphatic carbocycles. The van der Waals surface area contributed by atoms with Crippen LogP contribution in [0.15, 0.2) is 22.5 Å². The van der Waals surface area contributed by atoms with Crippen LogP contribution >= 0.6 is 46.7 Å². The zero-order valence-electron chi connectivity index (χ0n) is 11.8. The van der Waals surface area contributed by atoms with E-state index in [0.717, 1.165) is 23.2 Å². The second-order valence-electron chi connectivity index (χ2n) is 4.17. The average molecular weight is 422 g/mol. The number of thiazole rings is 1. The van der Waals surface area contributed by atoms with E-state index in [0.29, 0.717) is 6.54 Å². The first-order valence-corrected chi connectivity index (χ1v) is 7.78. The Bertz CT molecular complexity index is 516. The van der Waals surface area contributed by atoms with Gasteiger partial charge in [0, 0.05) is 27.9 Å². The molecule has 2 heterocycles. The lowest BCUT2D eigenvalue weighted by atomic mass is 10.4. The Labute approximate surface area is 144 Å². The van der Waals surface area contributed by atoms with Gasteiger partial charge >= 0.3 is 0 Å². The van der Waals surface area contributed by atoms with Crippen molar-refractivity contribution >= 4 is 52.6 Å². The van der Waals surface area contributed by atoms with Gasteiger partial charge in [-0.05, 0) is 26.0 Å². The standard InChI is InChI=1S/C13H18N4S2.HI/c1-9-8-18-12(17-9)7-16-13(14-3)15-6-11-5-4-10(2)19-11;/h4-5,8H,6-7H2,1-3H3,(H2,14,15,16);1H. The number of rotatable bonds is 4. The summed E-state index contributed by atoms with van der Waals surface area (Å²) in [6, 6.07) is 4.28. The number of thiophene rings is 1. The number of hydrogen-bond acceptors (Lipinski definition) is 4. The van der Waals surface area contributed by atoms with Gasteiger partial charge in [-0.1, -0.05) is 0 Å². The molecule has 0 atom stereocenters. The minimum atomic E-state index is 0. The van der Waals surface area contributed by atoms with Crippen LogP contribution in [0.25, 0.3) is 0 Å². The normalized spacial score (nSPS) is 11.1. The molecule has 110 valence electrons. The molecule has 0 radical (unpaired) electrons. The predicted molar refractivity (Wildman–Crippen MR) is 98.4 cm³/mol. The molecule has 0 spiro atoms. The van der Waals surface area contributed by atoms with Gasteiger partial charge in [0.1, 0.15) is 5.01 Å². The van der Waals surface area contributed by atoms with Crippen molar-refractivity contribution in [2.75, 3.05) is 7.05 Å². The largest absolute Gasteiger partial charge is 0.352 e. The van der Waals surface area contributed by atoms with Gasteiger partial charge in [0.05, 0.1) is 13.1 Å². The van der Waals surface area contributed by atoms with Crippen molar-refractivity contribution in [1.29, 1.82) is 0 Å². The van der Waals surface area contributed by atoms with Crippen molar-refractivity contribution in [3.8, 4) is 0 Å². The van der Waals surface area contributed by atoms with Crippen molar-refractivity contribution in [3.05, 3.63) is 38.0 Å². The van der Waals surface area contributed by atoms with Crippen molar-refractivity contribution in [2.45, 2.75) is 26.9 Å². The van der Waals surface area contributed by atoms with Gasteiger partial charge in [0.25, 0.3) is 0 Å².